The maximum Gasteiger partial charge on any atom is 0.139 e. The predicted molar refractivity (Wildman–Crippen MR) is 99.2 cm³/mol. The fraction of sp³-hybridized carbons (Fsp3) is 0.600. The van der Waals surface area contributed by atoms with Crippen molar-refractivity contribution in [3.05, 3.63) is 41.4 Å². The Labute approximate surface area is 154 Å². The zero-order valence-corrected chi connectivity index (χ0v) is 15.4. The maximum absolute atomic E-state index is 6.04. The average Bonchev–Trinajstić information content (AvgIpc) is 3.31. The second kappa shape index (κ2) is 7.77. The molecule has 2 aliphatic rings. The van der Waals surface area contributed by atoms with Crippen LogP contribution < -0.4 is 4.74 Å². The highest BCUT2D eigenvalue weighted by Gasteiger charge is 2.31. The minimum Gasteiger partial charge on any atom is -0.492 e. The van der Waals surface area contributed by atoms with Gasteiger partial charge in [0.1, 0.15) is 5.75 Å². The molecule has 2 heterocycles. The molecule has 2 aliphatic carbocycles. The van der Waals surface area contributed by atoms with E-state index in [1.165, 1.54) is 57.1 Å². The molecule has 0 saturated heterocycles. The van der Waals surface area contributed by atoms with E-state index in [4.69, 9.17) is 16.3 Å². The van der Waals surface area contributed by atoms with Gasteiger partial charge < -0.3 is 4.74 Å². The van der Waals surface area contributed by atoms with Crippen molar-refractivity contribution in [2.24, 2.45) is 5.92 Å². The van der Waals surface area contributed by atoms with Crippen molar-refractivity contribution in [2.75, 3.05) is 6.61 Å². The van der Waals surface area contributed by atoms with E-state index in [2.05, 4.69) is 20.8 Å². The number of nitrogens with zero attached hydrogens (tertiary/aromatic N) is 3. The van der Waals surface area contributed by atoms with Crippen LogP contribution in [0.15, 0.2) is 30.7 Å². The van der Waals surface area contributed by atoms with Crippen molar-refractivity contribution in [1.82, 2.24) is 14.8 Å². The van der Waals surface area contributed by atoms with Crippen LogP contribution in [0.2, 0.25) is 5.02 Å². The molecule has 0 radical (unpaired) electrons. The van der Waals surface area contributed by atoms with Gasteiger partial charge in [-0.3, -0.25) is 9.67 Å². The molecule has 2 fully saturated rings. The van der Waals surface area contributed by atoms with Crippen LogP contribution in [0.1, 0.15) is 69.0 Å². The smallest absolute Gasteiger partial charge is 0.139 e. The van der Waals surface area contributed by atoms with Gasteiger partial charge in [0, 0.05) is 36.0 Å². The van der Waals surface area contributed by atoms with Crippen LogP contribution in [-0.2, 0) is 0 Å². The van der Waals surface area contributed by atoms with Crippen molar-refractivity contribution in [3.8, 4) is 5.75 Å². The number of hydrogen-bond acceptors (Lipinski definition) is 3. The lowest BCUT2D eigenvalue weighted by molar-refractivity contribution is 0.179. The molecule has 0 bridgehead atoms. The fourth-order valence-electron chi connectivity index (χ4n) is 4.54. The molecule has 4 nitrogen and oxygen atoms in total. The molecule has 0 N–H and O–H groups in total. The van der Waals surface area contributed by atoms with Crippen molar-refractivity contribution in [2.45, 2.75) is 63.3 Å². The third-order valence-corrected chi connectivity index (χ3v) is 6.01. The first-order valence-electron chi connectivity index (χ1n) is 9.58. The second-order valence-electron chi connectivity index (χ2n) is 7.44. The summed E-state index contributed by atoms with van der Waals surface area (Å²) in [5, 5.41) is 5.31. The molecule has 0 aliphatic heterocycles. The van der Waals surface area contributed by atoms with Gasteiger partial charge in [0.2, 0.25) is 0 Å². The standard InChI is InChI=1S/C20H26ClN3O/c21-16-11-18(13-22-12-16)25-14-15-5-1-4-8-19(15)20-9-10-23-24(20)17-6-2-3-7-17/h9-13,15,17,19H,1-8,14H2. The lowest BCUT2D eigenvalue weighted by Crippen LogP contribution is -2.26. The summed E-state index contributed by atoms with van der Waals surface area (Å²) in [6.07, 6.45) is 15.6. The summed E-state index contributed by atoms with van der Waals surface area (Å²) in [6, 6.07) is 4.68. The first-order chi connectivity index (χ1) is 12.3. The Bertz CT molecular complexity index is 696. The Morgan fingerprint density at radius 3 is 2.72 bits per heavy atom. The molecule has 2 aromatic rings. The molecular formula is C20H26ClN3O. The van der Waals surface area contributed by atoms with Crippen LogP contribution in [0.3, 0.4) is 0 Å². The van der Waals surface area contributed by atoms with Crippen LogP contribution in [0.25, 0.3) is 0 Å². The van der Waals surface area contributed by atoms with Crippen molar-refractivity contribution < 1.29 is 4.74 Å². The van der Waals surface area contributed by atoms with Gasteiger partial charge >= 0.3 is 0 Å². The Morgan fingerprint density at radius 1 is 1.08 bits per heavy atom. The molecule has 134 valence electrons. The summed E-state index contributed by atoms with van der Waals surface area (Å²) >= 11 is 6.02. The van der Waals surface area contributed by atoms with Crippen molar-refractivity contribution in [1.29, 1.82) is 0 Å². The minimum atomic E-state index is 0.532. The lowest BCUT2D eigenvalue weighted by Gasteiger charge is -2.32. The molecule has 0 aromatic carbocycles. The van der Waals surface area contributed by atoms with Gasteiger partial charge in [-0.1, -0.05) is 37.3 Å². The molecule has 25 heavy (non-hydrogen) atoms. The summed E-state index contributed by atoms with van der Waals surface area (Å²) < 4.78 is 8.37. The highest BCUT2D eigenvalue weighted by molar-refractivity contribution is 6.30. The topological polar surface area (TPSA) is 39.9 Å². The van der Waals surface area contributed by atoms with Gasteiger partial charge in [0.15, 0.2) is 0 Å². The quantitative estimate of drug-likeness (QED) is 0.717. The number of rotatable bonds is 5. The van der Waals surface area contributed by atoms with E-state index >= 15 is 0 Å². The highest BCUT2D eigenvalue weighted by atomic mass is 35.5. The molecule has 4 rings (SSSR count). The molecule has 5 heteroatoms. The number of aromatic nitrogens is 3. The summed E-state index contributed by atoms with van der Waals surface area (Å²) in [4.78, 5) is 4.11. The van der Waals surface area contributed by atoms with Crippen molar-refractivity contribution >= 4 is 11.6 Å². The monoisotopic (exact) mass is 359 g/mol. The largest absolute Gasteiger partial charge is 0.492 e. The SMILES string of the molecule is Clc1cncc(OCC2CCCCC2c2ccnn2C2CCCC2)c1. The Kier molecular flexibility index (Phi) is 5.25. The Hall–Kier alpha value is -1.55. The van der Waals surface area contributed by atoms with Crippen LogP contribution in [-0.4, -0.2) is 21.4 Å². The maximum atomic E-state index is 6.04. The van der Waals surface area contributed by atoms with E-state index in [0.29, 0.717) is 22.9 Å². The van der Waals surface area contributed by atoms with E-state index in [-0.39, 0.29) is 0 Å². The summed E-state index contributed by atoms with van der Waals surface area (Å²) in [5.41, 5.74) is 1.42. The van der Waals surface area contributed by atoms with Crippen LogP contribution in [0.4, 0.5) is 0 Å². The van der Waals surface area contributed by atoms with Gasteiger partial charge in [-0.2, -0.15) is 5.10 Å². The molecular weight excluding hydrogens is 334 g/mol. The zero-order valence-electron chi connectivity index (χ0n) is 14.6. The highest BCUT2D eigenvalue weighted by Crippen LogP contribution is 2.40. The van der Waals surface area contributed by atoms with Crippen LogP contribution in [0.5, 0.6) is 5.75 Å². The number of halogens is 1. The Balaban J connectivity index is 1.48. The number of pyridine rings is 1. The van der Waals surface area contributed by atoms with E-state index in [1.807, 2.05) is 12.3 Å². The van der Waals surface area contributed by atoms with Gasteiger partial charge in [-0.15, -0.1) is 0 Å². The first kappa shape index (κ1) is 16.9. The molecule has 2 atom stereocenters. The van der Waals surface area contributed by atoms with Crippen LogP contribution >= 0.6 is 11.6 Å². The summed E-state index contributed by atoms with van der Waals surface area (Å²) in [7, 11) is 0. The molecule has 0 amide bonds. The summed E-state index contributed by atoms with van der Waals surface area (Å²) in [5.74, 6) is 1.84. The molecule has 2 saturated carbocycles. The third-order valence-electron chi connectivity index (χ3n) is 5.80. The normalized spacial score (nSPS) is 24.5. The third kappa shape index (κ3) is 3.84. The summed E-state index contributed by atoms with van der Waals surface area (Å²) in [6.45, 7) is 0.725. The zero-order chi connectivity index (χ0) is 17.1. The average molecular weight is 360 g/mol. The van der Waals surface area contributed by atoms with E-state index in [0.717, 1.165) is 12.4 Å². The molecule has 2 unspecified atom stereocenters. The minimum absolute atomic E-state index is 0.532. The second-order valence-corrected chi connectivity index (χ2v) is 7.88. The molecule has 2 aromatic heterocycles. The van der Waals surface area contributed by atoms with Gasteiger partial charge in [0.05, 0.1) is 23.9 Å². The Morgan fingerprint density at radius 2 is 1.88 bits per heavy atom. The van der Waals surface area contributed by atoms with Gasteiger partial charge in [0.25, 0.3) is 0 Å². The first-order valence-corrected chi connectivity index (χ1v) is 9.96. The van der Waals surface area contributed by atoms with E-state index < -0.39 is 0 Å². The fourth-order valence-corrected chi connectivity index (χ4v) is 4.71. The van der Waals surface area contributed by atoms with Gasteiger partial charge in [-0.05, 0) is 31.7 Å². The van der Waals surface area contributed by atoms with E-state index in [1.54, 1.807) is 12.4 Å². The van der Waals surface area contributed by atoms with Gasteiger partial charge in [-0.25, -0.2) is 0 Å². The molecule has 0 spiro atoms. The van der Waals surface area contributed by atoms with Crippen LogP contribution in [0, 0.1) is 5.92 Å². The number of hydrogen-bond donors (Lipinski definition) is 0. The van der Waals surface area contributed by atoms with E-state index in [9.17, 15) is 0 Å². The van der Waals surface area contributed by atoms with Crippen molar-refractivity contribution in [3.63, 3.8) is 0 Å². The predicted octanol–water partition coefficient (Wildman–Crippen LogP) is 5.40. The number of ether oxygens (including phenoxy) is 1. The lowest BCUT2D eigenvalue weighted by atomic mass is 9.77.